The maximum absolute atomic E-state index is 12.5. The van der Waals surface area contributed by atoms with Crippen molar-refractivity contribution in [3.63, 3.8) is 0 Å². The lowest BCUT2D eigenvalue weighted by molar-refractivity contribution is -0.127. The molecule has 2 rings (SSSR count). The Hall–Kier alpha value is -2.04. The molecule has 0 spiro atoms. The normalized spacial score (nSPS) is 25.9. The van der Waals surface area contributed by atoms with Gasteiger partial charge in [-0.3, -0.25) is 4.79 Å². The molecule has 5 heteroatoms. The largest absolute Gasteiger partial charge is 0.409 e. The van der Waals surface area contributed by atoms with Crippen LogP contribution >= 0.6 is 0 Å². The summed E-state index contributed by atoms with van der Waals surface area (Å²) in [6.45, 7) is 6.01. The summed E-state index contributed by atoms with van der Waals surface area (Å²) in [7, 11) is 0. The first kappa shape index (κ1) is 14.4. The smallest absolute Gasteiger partial charge is 0.238 e. The minimum Gasteiger partial charge on any atom is -0.409 e. The fourth-order valence-electron chi connectivity index (χ4n) is 3.03. The molecular formula is C15H21N3O2. The molecule has 5 nitrogen and oxygen atoms in total. The van der Waals surface area contributed by atoms with Gasteiger partial charge in [-0.15, -0.1) is 0 Å². The van der Waals surface area contributed by atoms with Crippen LogP contribution in [0.25, 0.3) is 0 Å². The molecule has 1 aliphatic carbocycles. The summed E-state index contributed by atoms with van der Waals surface area (Å²) < 4.78 is 0. The molecule has 0 radical (unpaired) electrons. The third kappa shape index (κ3) is 2.48. The zero-order chi connectivity index (χ0) is 14.9. The molecule has 20 heavy (non-hydrogen) atoms. The fraction of sp³-hybridized carbons (Fsp3) is 0.467. The SMILES string of the molecule is Cc1cc(C)cc(NC(=O)C2(/C(N)=N/O)CC(C)C2)c1. The summed E-state index contributed by atoms with van der Waals surface area (Å²) in [5.41, 5.74) is 7.77. The highest BCUT2D eigenvalue weighted by atomic mass is 16.4. The van der Waals surface area contributed by atoms with E-state index in [-0.39, 0.29) is 11.7 Å². The number of benzene rings is 1. The second kappa shape index (κ2) is 5.15. The van der Waals surface area contributed by atoms with E-state index in [1.54, 1.807) is 0 Å². The number of nitrogens with zero attached hydrogens (tertiary/aromatic N) is 1. The Labute approximate surface area is 118 Å². The molecule has 0 heterocycles. The van der Waals surface area contributed by atoms with Crippen LogP contribution in [0.3, 0.4) is 0 Å². The van der Waals surface area contributed by atoms with Crippen molar-refractivity contribution < 1.29 is 10.0 Å². The van der Waals surface area contributed by atoms with E-state index in [9.17, 15) is 4.79 Å². The molecule has 108 valence electrons. The molecule has 4 N–H and O–H groups in total. The van der Waals surface area contributed by atoms with Crippen molar-refractivity contribution >= 4 is 17.4 Å². The number of anilines is 1. The summed E-state index contributed by atoms with van der Waals surface area (Å²) in [4.78, 5) is 12.5. The molecule has 1 amide bonds. The van der Waals surface area contributed by atoms with Crippen molar-refractivity contribution in [2.24, 2.45) is 22.2 Å². The standard InChI is InChI=1S/C15H21N3O2/c1-9-4-10(2)6-12(5-9)17-14(19)15(13(16)18-20)7-11(3)8-15/h4-6,11,20H,7-8H2,1-3H3,(H2,16,18)(H,17,19). The maximum atomic E-state index is 12.5. The maximum Gasteiger partial charge on any atom is 0.238 e. The van der Waals surface area contributed by atoms with Gasteiger partial charge in [0.2, 0.25) is 5.91 Å². The lowest BCUT2D eigenvalue weighted by atomic mass is 9.61. The van der Waals surface area contributed by atoms with Gasteiger partial charge in [0.15, 0.2) is 5.84 Å². The van der Waals surface area contributed by atoms with Crippen LogP contribution in [-0.4, -0.2) is 17.0 Å². The Bertz CT molecular complexity index is 540. The molecule has 1 fully saturated rings. The highest BCUT2D eigenvalue weighted by Gasteiger charge is 2.52. The monoisotopic (exact) mass is 275 g/mol. The van der Waals surface area contributed by atoms with Gasteiger partial charge in [-0.1, -0.05) is 18.1 Å². The lowest BCUT2D eigenvalue weighted by Gasteiger charge is -2.43. The number of oxime groups is 1. The van der Waals surface area contributed by atoms with Crippen molar-refractivity contribution in [1.29, 1.82) is 0 Å². The number of nitrogens with one attached hydrogen (secondary N) is 1. The minimum atomic E-state index is -0.869. The second-order valence-electron chi connectivity index (χ2n) is 5.91. The fourth-order valence-corrected chi connectivity index (χ4v) is 3.03. The molecule has 0 unspecified atom stereocenters. The van der Waals surface area contributed by atoms with Gasteiger partial charge in [-0.2, -0.15) is 0 Å². The lowest BCUT2D eigenvalue weighted by Crippen LogP contribution is -2.54. The van der Waals surface area contributed by atoms with Crippen molar-refractivity contribution in [2.75, 3.05) is 5.32 Å². The molecule has 1 aromatic rings. The highest BCUT2D eigenvalue weighted by Crippen LogP contribution is 2.46. The summed E-state index contributed by atoms with van der Waals surface area (Å²) in [5, 5.41) is 14.8. The van der Waals surface area contributed by atoms with Crippen LogP contribution < -0.4 is 11.1 Å². The van der Waals surface area contributed by atoms with Gasteiger partial charge in [0.1, 0.15) is 5.41 Å². The van der Waals surface area contributed by atoms with E-state index < -0.39 is 5.41 Å². The van der Waals surface area contributed by atoms with E-state index in [0.717, 1.165) is 16.8 Å². The molecule has 0 bridgehead atoms. The van der Waals surface area contributed by atoms with E-state index in [4.69, 9.17) is 10.9 Å². The molecule has 1 aromatic carbocycles. The van der Waals surface area contributed by atoms with Crippen molar-refractivity contribution in [3.8, 4) is 0 Å². The summed E-state index contributed by atoms with van der Waals surface area (Å²) >= 11 is 0. The van der Waals surface area contributed by atoms with Crippen LogP contribution in [-0.2, 0) is 4.79 Å². The minimum absolute atomic E-state index is 0.00234. The molecule has 0 aromatic heterocycles. The van der Waals surface area contributed by atoms with Gasteiger partial charge in [0.05, 0.1) is 0 Å². The van der Waals surface area contributed by atoms with Crippen LogP contribution in [0.2, 0.25) is 0 Å². The second-order valence-corrected chi connectivity index (χ2v) is 5.91. The van der Waals surface area contributed by atoms with Crippen LogP contribution in [0.15, 0.2) is 23.4 Å². The van der Waals surface area contributed by atoms with Gasteiger partial charge in [-0.05, 0) is 55.9 Å². The molecule has 0 saturated heterocycles. The van der Waals surface area contributed by atoms with Gasteiger partial charge in [0, 0.05) is 5.69 Å². The number of aryl methyl sites for hydroxylation is 2. The summed E-state index contributed by atoms with van der Waals surface area (Å²) in [6.07, 6.45) is 1.22. The first-order valence-corrected chi connectivity index (χ1v) is 6.75. The van der Waals surface area contributed by atoms with Gasteiger partial charge in [-0.25, -0.2) is 0 Å². The predicted octanol–water partition coefficient (Wildman–Crippen LogP) is 2.40. The molecule has 0 aliphatic heterocycles. The third-order valence-corrected chi connectivity index (χ3v) is 3.91. The van der Waals surface area contributed by atoms with Gasteiger partial charge < -0.3 is 16.3 Å². The molecule has 1 saturated carbocycles. The Morgan fingerprint density at radius 1 is 1.35 bits per heavy atom. The number of carbonyl (C=O) groups is 1. The van der Waals surface area contributed by atoms with Crippen molar-refractivity contribution in [2.45, 2.75) is 33.6 Å². The van der Waals surface area contributed by atoms with Crippen LogP contribution in [0, 0.1) is 25.2 Å². The van der Waals surface area contributed by atoms with E-state index in [0.29, 0.717) is 18.8 Å². The first-order chi connectivity index (χ1) is 9.37. The quantitative estimate of drug-likeness (QED) is 0.342. The molecular weight excluding hydrogens is 254 g/mol. The number of rotatable bonds is 3. The van der Waals surface area contributed by atoms with Gasteiger partial charge >= 0.3 is 0 Å². The van der Waals surface area contributed by atoms with E-state index in [2.05, 4.69) is 10.5 Å². The zero-order valence-corrected chi connectivity index (χ0v) is 12.1. The number of amidine groups is 1. The highest BCUT2D eigenvalue weighted by molar-refractivity contribution is 6.12. The topological polar surface area (TPSA) is 87.7 Å². The summed E-state index contributed by atoms with van der Waals surface area (Å²) in [5.74, 6) is 0.202. The van der Waals surface area contributed by atoms with Gasteiger partial charge in [0.25, 0.3) is 0 Å². The van der Waals surface area contributed by atoms with Crippen molar-refractivity contribution in [1.82, 2.24) is 0 Å². The Morgan fingerprint density at radius 3 is 2.35 bits per heavy atom. The molecule has 0 atom stereocenters. The van der Waals surface area contributed by atoms with Crippen LogP contribution in [0.5, 0.6) is 0 Å². The Kier molecular flexibility index (Phi) is 3.70. The molecule has 1 aliphatic rings. The van der Waals surface area contributed by atoms with Crippen LogP contribution in [0.1, 0.15) is 30.9 Å². The number of hydrogen-bond acceptors (Lipinski definition) is 3. The zero-order valence-electron chi connectivity index (χ0n) is 12.1. The van der Waals surface area contributed by atoms with Crippen molar-refractivity contribution in [3.05, 3.63) is 29.3 Å². The average molecular weight is 275 g/mol. The first-order valence-electron chi connectivity index (χ1n) is 6.75. The van der Waals surface area contributed by atoms with E-state index in [1.807, 2.05) is 39.0 Å². The number of amides is 1. The Balaban J connectivity index is 2.22. The summed E-state index contributed by atoms with van der Waals surface area (Å²) in [6, 6.07) is 5.86. The third-order valence-electron chi connectivity index (χ3n) is 3.91. The predicted molar refractivity (Wildman–Crippen MR) is 78.8 cm³/mol. The number of carbonyl (C=O) groups excluding carboxylic acids is 1. The Morgan fingerprint density at radius 2 is 1.90 bits per heavy atom. The average Bonchev–Trinajstić information content (AvgIpc) is 2.32. The van der Waals surface area contributed by atoms with E-state index >= 15 is 0 Å². The van der Waals surface area contributed by atoms with E-state index in [1.165, 1.54) is 0 Å². The number of hydrogen-bond donors (Lipinski definition) is 3. The number of nitrogens with two attached hydrogens (primary N) is 1. The van der Waals surface area contributed by atoms with Crippen LogP contribution in [0.4, 0.5) is 5.69 Å².